The number of nitrogens with one attached hydrogen (secondary N) is 1. The molecule has 1 heterocycles. The van der Waals surface area contributed by atoms with Gasteiger partial charge >= 0.3 is 12.1 Å². The second-order valence-corrected chi connectivity index (χ2v) is 10.5. The molecule has 1 N–H and O–H groups in total. The number of unbranched alkanes of at least 4 members (excludes halogenated alkanes) is 2. The Kier molecular flexibility index (Phi) is 12.9. The van der Waals surface area contributed by atoms with E-state index in [-0.39, 0.29) is 19.1 Å². The number of thioether (sulfide) groups is 1. The van der Waals surface area contributed by atoms with Gasteiger partial charge in [0.05, 0.1) is 7.11 Å². The van der Waals surface area contributed by atoms with Crippen LogP contribution in [0.5, 0.6) is 0 Å². The highest BCUT2D eigenvalue weighted by atomic mass is 32.2. The van der Waals surface area contributed by atoms with E-state index in [1.54, 1.807) is 25.7 Å². The Labute approximate surface area is 221 Å². The van der Waals surface area contributed by atoms with Crippen molar-refractivity contribution >= 4 is 29.7 Å². The summed E-state index contributed by atoms with van der Waals surface area (Å²) < 4.78 is 10.6. The summed E-state index contributed by atoms with van der Waals surface area (Å²) >= 11 is 1.24. The molecule has 200 valence electrons. The number of ether oxygens (including phenoxy) is 2. The van der Waals surface area contributed by atoms with E-state index in [0.717, 1.165) is 24.8 Å². The number of methoxy groups -OCH3 is 1. The third kappa shape index (κ3) is 9.09. The fraction of sp³-hybridized carbons (Fsp3) is 0.607. The Morgan fingerprint density at radius 2 is 1.89 bits per heavy atom. The topological polar surface area (TPSA) is 84.9 Å². The fourth-order valence-corrected chi connectivity index (χ4v) is 4.74. The molecule has 2 amide bonds. The van der Waals surface area contributed by atoms with Crippen molar-refractivity contribution in [1.29, 1.82) is 0 Å². The maximum Gasteiger partial charge on any atom is 0.411 e. The minimum absolute atomic E-state index is 0. The Hall–Kier alpha value is -2.66. The van der Waals surface area contributed by atoms with E-state index in [9.17, 15) is 14.4 Å². The van der Waals surface area contributed by atoms with Gasteiger partial charge in [-0.15, -0.1) is 0 Å². The first kappa shape index (κ1) is 31.4. The van der Waals surface area contributed by atoms with E-state index in [1.807, 2.05) is 30.3 Å². The van der Waals surface area contributed by atoms with Gasteiger partial charge in [-0.25, -0.2) is 9.59 Å². The molecule has 1 aromatic rings. The van der Waals surface area contributed by atoms with Gasteiger partial charge in [0.2, 0.25) is 5.91 Å². The molecule has 7 nitrogen and oxygen atoms in total. The lowest BCUT2D eigenvalue weighted by molar-refractivity contribution is -0.146. The first-order chi connectivity index (χ1) is 16.6. The van der Waals surface area contributed by atoms with Crippen LogP contribution in [0.25, 0.3) is 0 Å². The van der Waals surface area contributed by atoms with Gasteiger partial charge in [-0.05, 0) is 57.4 Å². The quantitative estimate of drug-likeness (QED) is 0.269. The summed E-state index contributed by atoms with van der Waals surface area (Å²) in [6, 6.07) is 8.65. The maximum absolute atomic E-state index is 13.7. The third-order valence-electron chi connectivity index (χ3n) is 5.80. The molecular weight excluding hydrogens is 476 g/mol. The van der Waals surface area contributed by atoms with E-state index in [0.29, 0.717) is 25.8 Å². The highest BCUT2D eigenvalue weighted by Crippen LogP contribution is 2.36. The molecule has 1 aromatic carbocycles. The zero-order chi connectivity index (χ0) is 25.9. The van der Waals surface area contributed by atoms with E-state index in [2.05, 4.69) is 23.4 Å². The van der Waals surface area contributed by atoms with Gasteiger partial charge in [0.15, 0.2) is 0 Å². The van der Waals surface area contributed by atoms with Crippen LogP contribution in [0.15, 0.2) is 30.3 Å². The van der Waals surface area contributed by atoms with Gasteiger partial charge in [0.25, 0.3) is 0 Å². The Balaban J connectivity index is 0.00000648. The summed E-state index contributed by atoms with van der Waals surface area (Å²) in [5, 5.41) is 5.85. The van der Waals surface area contributed by atoms with Crippen LogP contribution in [0, 0.1) is 11.2 Å². The zero-order valence-corrected chi connectivity index (χ0v) is 22.3. The number of esters is 1. The summed E-state index contributed by atoms with van der Waals surface area (Å²) in [6.07, 6.45) is 3.97. The zero-order valence-electron chi connectivity index (χ0n) is 21.5. The van der Waals surface area contributed by atoms with E-state index in [4.69, 9.17) is 9.47 Å². The van der Waals surface area contributed by atoms with E-state index >= 15 is 0 Å². The van der Waals surface area contributed by atoms with Crippen LogP contribution in [0.2, 0.25) is 0 Å². The van der Waals surface area contributed by atoms with Gasteiger partial charge in [0.1, 0.15) is 17.2 Å². The Morgan fingerprint density at radius 3 is 2.50 bits per heavy atom. The molecule has 0 saturated carbocycles. The minimum atomic E-state index is -1.05. The number of rotatable bonds is 9. The number of hydrogen-bond acceptors (Lipinski definition) is 6. The van der Waals surface area contributed by atoms with Crippen LogP contribution in [0.1, 0.15) is 79.2 Å². The van der Waals surface area contributed by atoms with Crippen molar-refractivity contribution < 1.29 is 23.9 Å². The van der Waals surface area contributed by atoms with Gasteiger partial charge in [0, 0.05) is 17.9 Å². The summed E-state index contributed by atoms with van der Waals surface area (Å²) in [7, 11) is 1.29. The highest BCUT2D eigenvalue weighted by Gasteiger charge is 2.51. The first-order valence-electron chi connectivity index (χ1n) is 12.2. The van der Waals surface area contributed by atoms with Crippen LogP contribution in [0.4, 0.5) is 4.79 Å². The molecule has 2 rings (SSSR count). The van der Waals surface area contributed by atoms with Crippen molar-refractivity contribution in [2.24, 2.45) is 0 Å². The lowest BCUT2D eigenvalue weighted by atomic mass is 9.88. The standard InChI is InChI=1S/C27H38N2O5S.CH4/c1-6-7-11-16-27(17-12-18-29(27)25(32)34-26(2,3)4)24(31)28-22(23(30)33-5)20-35-19-15-21-13-9-8-10-14-21;/h8-10,13-14,22H,6-7,11-12,16-18,20H2,1-5H3,(H,28,31);1H4/t22?,27-;/m0./s1. The number of carbonyl (C=O) groups is 3. The first-order valence-corrected chi connectivity index (χ1v) is 13.2. The number of hydrogen-bond donors (Lipinski definition) is 1. The van der Waals surface area contributed by atoms with Crippen LogP contribution in [-0.4, -0.2) is 59.5 Å². The van der Waals surface area contributed by atoms with Crippen LogP contribution < -0.4 is 5.32 Å². The van der Waals surface area contributed by atoms with Gasteiger partial charge in [-0.2, -0.15) is 0 Å². The van der Waals surface area contributed by atoms with Crippen LogP contribution in [-0.2, 0) is 19.1 Å². The smallest absolute Gasteiger partial charge is 0.411 e. The summed E-state index contributed by atoms with van der Waals surface area (Å²) in [6.45, 7) is 7.95. The maximum atomic E-state index is 13.7. The molecule has 1 aliphatic rings. The number of amides is 2. The molecule has 0 spiro atoms. The molecule has 2 atom stereocenters. The molecular formula is C28H42N2O5S. The van der Waals surface area contributed by atoms with Crippen LogP contribution in [0.3, 0.4) is 0 Å². The number of carbonyl (C=O) groups excluding carboxylic acids is 3. The second kappa shape index (κ2) is 14.8. The summed E-state index contributed by atoms with van der Waals surface area (Å²) in [5.74, 6) is 2.37. The number of nitrogens with zero attached hydrogens (tertiary/aromatic N) is 1. The van der Waals surface area contributed by atoms with Gasteiger partial charge in [-0.3, -0.25) is 9.69 Å². The third-order valence-corrected chi connectivity index (χ3v) is 6.55. The van der Waals surface area contributed by atoms with Crippen LogP contribution >= 0.6 is 11.8 Å². The average molecular weight is 519 g/mol. The number of likely N-dealkylation sites (tertiary alicyclic amines) is 1. The minimum Gasteiger partial charge on any atom is -0.467 e. The van der Waals surface area contributed by atoms with Crippen molar-refractivity contribution in [2.45, 2.75) is 90.8 Å². The van der Waals surface area contributed by atoms with Crippen molar-refractivity contribution in [2.75, 3.05) is 19.4 Å². The second-order valence-electron chi connectivity index (χ2n) is 9.68. The molecule has 1 unspecified atom stereocenters. The summed E-state index contributed by atoms with van der Waals surface area (Å²) in [4.78, 5) is 40.8. The lowest BCUT2D eigenvalue weighted by Gasteiger charge is -2.38. The van der Waals surface area contributed by atoms with Crippen molar-refractivity contribution in [3.63, 3.8) is 0 Å². The summed E-state index contributed by atoms with van der Waals surface area (Å²) in [5.41, 5.74) is -0.856. The van der Waals surface area contributed by atoms with Gasteiger partial charge < -0.3 is 14.8 Å². The molecule has 1 saturated heterocycles. The molecule has 8 heteroatoms. The largest absolute Gasteiger partial charge is 0.467 e. The van der Waals surface area contributed by atoms with E-state index in [1.165, 1.54) is 18.9 Å². The lowest BCUT2D eigenvalue weighted by Crippen LogP contribution is -2.61. The molecule has 0 bridgehead atoms. The predicted octanol–water partition coefficient (Wildman–Crippen LogP) is 5.37. The molecule has 0 aromatic heterocycles. The Bertz CT molecular complexity index is 919. The Morgan fingerprint density at radius 1 is 1.19 bits per heavy atom. The van der Waals surface area contributed by atoms with Crippen molar-refractivity contribution in [3.8, 4) is 11.2 Å². The van der Waals surface area contributed by atoms with Gasteiger partial charge in [-0.1, -0.05) is 69.5 Å². The highest BCUT2D eigenvalue weighted by molar-refractivity contribution is 8.03. The number of benzene rings is 1. The predicted molar refractivity (Wildman–Crippen MR) is 146 cm³/mol. The SMILES string of the molecule is C.CCCCC[C@@]1(C(=O)NC(CSC#Cc2ccccc2)C(=O)OC)CCCN1C(=O)OC(C)(C)C. The molecule has 0 radical (unpaired) electrons. The van der Waals surface area contributed by atoms with Crippen molar-refractivity contribution in [1.82, 2.24) is 10.2 Å². The molecule has 1 fully saturated rings. The van der Waals surface area contributed by atoms with E-state index < -0.39 is 29.2 Å². The normalized spacial score (nSPS) is 17.8. The van der Waals surface area contributed by atoms with Crippen molar-refractivity contribution in [3.05, 3.63) is 35.9 Å². The monoisotopic (exact) mass is 518 g/mol. The molecule has 1 aliphatic heterocycles. The molecule has 0 aliphatic carbocycles. The average Bonchev–Trinajstić information content (AvgIpc) is 3.25. The fourth-order valence-electron chi connectivity index (χ4n) is 4.08. The molecule has 36 heavy (non-hydrogen) atoms.